The molecular formula is C23H24N4O4. The summed E-state index contributed by atoms with van der Waals surface area (Å²) in [4.78, 5) is 40.5. The molecule has 0 aliphatic carbocycles. The highest BCUT2D eigenvalue weighted by molar-refractivity contribution is 6.16. The second kappa shape index (κ2) is 8.91. The Labute approximate surface area is 180 Å². The predicted molar refractivity (Wildman–Crippen MR) is 118 cm³/mol. The molecule has 2 fully saturated rings. The molecule has 4 rings (SSSR count). The summed E-state index contributed by atoms with van der Waals surface area (Å²) in [7, 11) is 1.50. The molecule has 160 valence electrons. The summed E-state index contributed by atoms with van der Waals surface area (Å²) in [5, 5.41) is 5.21. The number of amides is 4. The average molecular weight is 420 g/mol. The van der Waals surface area contributed by atoms with E-state index in [4.69, 9.17) is 4.74 Å². The number of imide groups is 1. The fourth-order valence-electron chi connectivity index (χ4n) is 3.72. The third-order valence-corrected chi connectivity index (χ3v) is 5.32. The monoisotopic (exact) mass is 420 g/mol. The van der Waals surface area contributed by atoms with Gasteiger partial charge in [0.25, 0.3) is 5.91 Å². The van der Waals surface area contributed by atoms with Crippen LogP contribution >= 0.6 is 0 Å². The van der Waals surface area contributed by atoms with Gasteiger partial charge in [0.05, 0.1) is 12.8 Å². The SMILES string of the molecule is COc1ccccc1NC(=O)CN1C(=O)N/C(=C/c2ccc(N3CCCC3)cc2)C1=O. The number of para-hydroxylation sites is 2. The van der Waals surface area contributed by atoms with E-state index in [9.17, 15) is 14.4 Å². The Hall–Kier alpha value is -3.81. The van der Waals surface area contributed by atoms with Gasteiger partial charge in [0.2, 0.25) is 5.91 Å². The number of carbonyl (C=O) groups is 3. The maximum atomic E-state index is 12.7. The molecule has 4 amide bonds. The van der Waals surface area contributed by atoms with E-state index in [1.807, 2.05) is 24.3 Å². The lowest BCUT2D eigenvalue weighted by Gasteiger charge is -2.17. The molecule has 0 radical (unpaired) electrons. The van der Waals surface area contributed by atoms with Gasteiger partial charge in [-0.05, 0) is 48.7 Å². The summed E-state index contributed by atoms with van der Waals surface area (Å²) in [6.45, 7) is 1.72. The van der Waals surface area contributed by atoms with Crippen LogP contribution in [0.3, 0.4) is 0 Å². The molecule has 0 saturated carbocycles. The van der Waals surface area contributed by atoms with Gasteiger partial charge in [0, 0.05) is 18.8 Å². The van der Waals surface area contributed by atoms with E-state index in [0.717, 1.165) is 29.2 Å². The van der Waals surface area contributed by atoms with Crippen LogP contribution in [0.4, 0.5) is 16.2 Å². The number of anilines is 2. The van der Waals surface area contributed by atoms with E-state index >= 15 is 0 Å². The molecule has 8 heteroatoms. The smallest absolute Gasteiger partial charge is 0.329 e. The first-order chi connectivity index (χ1) is 15.0. The van der Waals surface area contributed by atoms with Crippen LogP contribution in [0.5, 0.6) is 5.75 Å². The van der Waals surface area contributed by atoms with Crippen molar-refractivity contribution in [2.75, 3.05) is 37.0 Å². The molecule has 31 heavy (non-hydrogen) atoms. The highest BCUT2D eigenvalue weighted by Crippen LogP contribution is 2.24. The zero-order valence-corrected chi connectivity index (χ0v) is 17.3. The molecule has 2 aromatic carbocycles. The second-order valence-electron chi connectivity index (χ2n) is 7.41. The van der Waals surface area contributed by atoms with E-state index in [2.05, 4.69) is 15.5 Å². The largest absolute Gasteiger partial charge is 0.495 e. The van der Waals surface area contributed by atoms with Crippen molar-refractivity contribution in [1.82, 2.24) is 10.2 Å². The zero-order chi connectivity index (χ0) is 21.8. The van der Waals surface area contributed by atoms with Crippen molar-refractivity contribution in [2.45, 2.75) is 12.8 Å². The first kappa shape index (κ1) is 20.5. The minimum absolute atomic E-state index is 0.143. The quantitative estimate of drug-likeness (QED) is 0.554. The Bertz CT molecular complexity index is 1030. The van der Waals surface area contributed by atoms with Crippen molar-refractivity contribution < 1.29 is 19.1 Å². The summed E-state index contributed by atoms with van der Waals surface area (Å²) < 4.78 is 5.20. The Balaban J connectivity index is 1.41. The van der Waals surface area contributed by atoms with E-state index in [-0.39, 0.29) is 5.70 Å². The van der Waals surface area contributed by atoms with Crippen molar-refractivity contribution in [3.63, 3.8) is 0 Å². The van der Waals surface area contributed by atoms with E-state index in [1.54, 1.807) is 30.3 Å². The highest BCUT2D eigenvalue weighted by atomic mass is 16.5. The van der Waals surface area contributed by atoms with Gasteiger partial charge in [-0.25, -0.2) is 9.69 Å². The number of carbonyl (C=O) groups excluding carboxylic acids is 3. The van der Waals surface area contributed by atoms with E-state index in [0.29, 0.717) is 11.4 Å². The third-order valence-electron chi connectivity index (χ3n) is 5.32. The molecule has 0 spiro atoms. The second-order valence-corrected chi connectivity index (χ2v) is 7.41. The summed E-state index contributed by atoms with van der Waals surface area (Å²) in [5.41, 5.74) is 2.56. The Morgan fingerprint density at radius 3 is 2.52 bits per heavy atom. The number of methoxy groups -OCH3 is 1. The van der Waals surface area contributed by atoms with Crippen LogP contribution in [0.25, 0.3) is 6.08 Å². The molecule has 0 unspecified atom stereocenters. The number of hydrogen-bond donors (Lipinski definition) is 2. The lowest BCUT2D eigenvalue weighted by atomic mass is 10.1. The average Bonchev–Trinajstić information content (AvgIpc) is 3.40. The molecular weight excluding hydrogens is 396 g/mol. The molecule has 2 saturated heterocycles. The Kier molecular flexibility index (Phi) is 5.88. The topological polar surface area (TPSA) is 91.0 Å². The van der Waals surface area contributed by atoms with Gasteiger partial charge < -0.3 is 20.3 Å². The molecule has 2 N–H and O–H groups in total. The van der Waals surface area contributed by atoms with Gasteiger partial charge in [-0.1, -0.05) is 24.3 Å². The molecule has 0 bridgehead atoms. The van der Waals surface area contributed by atoms with Crippen LogP contribution in [0.2, 0.25) is 0 Å². The Morgan fingerprint density at radius 2 is 1.81 bits per heavy atom. The van der Waals surface area contributed by atoms with Gasteiger partial charge in [-0.2, -0.15) is 0 Å². The van der Waals surface area contributed by atoms with Gasteiger partial charge in [-0.15, -0.1) is 0 Å². The van der Waals surface area contributed by atoms with Gasteiger partial charge >= 0.3 is 6.03 Å². The van der Waals surface area contributed by atoms with Crippen molar-refractivity contribution in [3.8, 4) is 5.75 Å². The number of hydrogen-bond acceptors (Lipinski definition) is 5. The van der Waals surface area contributed by atoms with Crippen molar-refractivity contribution in [2.24, 2.45) is 0 Å². The van der Waals surface area contributed by atoms with Crippen molar-refractivity contribution >= 4 is 35.3 Å². The molecule has 2 aliphatic heterocycles. The Morgan fingerprint density at radius 1 is 1.10 bits per heavy atom. The molecule has 0 atom stereocenters. The molecule has 2 heterocycles. The fourth-order valence-corrected chi connectivity index (χ4v) is 3.72. The molecule has 2 aliphatic rings. The van der Waals surface area contributed by atoms with Gasteiger partial charge in [0.1, 0.15) is 18.0 Å². The number of rotatable bonds is 6. The van der Waals surface area contributed by atoms with Crippen molar-refractivity contribution in [3.05, 3.63) is 59.8 Å². The lowest BCUT2D eigenvalue weighted by Crippen LogP contribution is -2.38. The van der Waals surface area contributed by atoms with E-state index in [1.165, 1.54) is 20.0 Å². The first-order valence-corrected chi connectivity index (χ1v) is 10.2. The van der Waals surface area contributed by atoms with Gasteiger partial charge in [0.15, 0.2) is 0 Å². The minimum Gasteiger partial charge on any atom is -0.495 e. The van der Waals surface area contributed by atoms with Crippen molar-refractivity contribution in [1.29, 1.82) is 0 Å². The summed E-state index contributed by atoms with van der Waals surface area (Å²) in [6, 6.07) is 14.1. The minimum atomic E-state index is -0.625. The number of nitrogens with one attached hydrogen (secondary N) is 2. The number of ether oxygens (including phenoxy) is 1. The maximum absolute atomic E-state index is 12.7. The highest BCUT2D eigenvalue weighted by Gasteiger charge is 2.35. The number of benzene rings is 2. The number of nitrogens with zero attached hydrogens (tertiary/aromatic N) is 2. The van der Waals surface area contributed by atoms with Crippen LogP contribution in [-0.2, 0) is 9.59 Å². The molecule has 8 nitrogen and oxygen atoms in total. The summed E-state index contributed by atoms with van der Waals surface area (Å²) in [5.74, 6) is -0.543. The van der Waals surface area contributed by atoms with Crippen LogP contribution < -0.4 is 20.3 Å². The number of urea groups is 1. The molecule has 2 aromatic rings. The van der Waals surface area contributed by atoms with Gasteiger partial charge in [-0.3, -0.25) is 9.59 Å². The van der Waals surface area contributed by atoms with Crippen LogP contribution in [0.15, 0.2) is 54.2 Å². The normalized spacial score (nSPS) is 17.3. The fraction of sp³-hybridized carbons (Fsp3) is 0.261. The predicted octanol–water partition coefficient (Wildman–Crippen LogP) is 2.83. The van der Waals surface area contributed by atoms with Crippen LogP contribution in [0.1, 0.15) is 18.4 Å². The standard InChI is InChI=1S/C23H24N4O4/c1-31-20-7-3-2-6-18(20)24-21(28)15-27-22(29)19(25-23(27)30)14-16-8-10-17(11-9-16)26-12-4-5-13-26/h2-3,6-11,14H,4-5,12-13,15H2,1H3,(H,24,28)(H,25,30)/b19-14+. The lowest BCUT2D eigenvalue weighted by molar-refractivity contribution is -0.127. The third kappa shape index (κ3) is 4.53. The van der Waals surface area contributed by atoms with Crippen LogP contribution in [0, 0.1) is 0 Å². The molecule has 0 aromatic heterocycles. The first-order valence-electron chi connectivity index (χ1n) is 10.2. The van der Waals surface area contributed by atoms with E-state index < -0.39 is 24.4 Å². The van der Waals surface area contributed by atoms with Crippen LogP contribution in [-0.4, -0.2) is 49.5 Å². The zero-order valence-electron chi connectivity index (χ0n) is 17.3. The maximum Gasteiger partial charge on any atom is 0.329 e. The summed E-state index contributed by atoms with van der Waals surface area (Å²) >= 11 is 0. The summed E-state index contributed by atoms with van der Waals surface area (Å²) in [6.07, 6.45) is 4.02.